The van der Waals surface area contributed by atoms with Crippen molar-refractivity contribution in [1.29, 1.82) is 5.26 Å². The number of nitriles is 1. The van der Waals surface area contributed by atoms with Crippen LogP contribution in [0.4, 0.5) is 0 Å². The number of carbonyl (C=O) groups is 1. The van der Waals surface area contributed by atoms with Crippen LogP contribution < -0.4 is 0 Å². The predicted octanol–water partition coefficient (Wildman–Crippen LogP) is 3.00. The highest BCUT2D eigenvalue weighted by molar-refractivity contribution is 6.04. The Morgan fingerprint density at radius 3 is 3.06 bits per heavy atom. The van der Waals surface area contributed by atoms with E-state index in [9.17, 15) is 4.79 Å². The molecule has 2 rings (SSSR count). The number of esters is 1. The second-order valence-corrected chi connectivity index (χ2v) is 4.06. The number of H-pyrrole nitrogens is 1. The van der Waals surface area contributed by atoms with Crippen LogP contribution in [0.3, 0.4) is 0 Å². The van der Waals surface area contributed by atoms with Crippen LogP contribution in [0.1, 0.15) is 35.7 Å². The molecule has 0 fully saturated rings. The summed E-state index contributed by atoms with van der Waals surface area (Å²) in [6.45, 7) is 2.47. The zero-order valence-corrected chi connectivity index (χ0v) is 10.2. The molecular formula is C14H14N2O2. The summed E-state index contributed by atoms with van der Waals surface area (Å²) in [4.78, 5) is 14.9. The molecule has 18 heavy (non-hydrogen) atoms. The number of aromatic nitrogens is 1. The number of carbonyl (C=O) groups excluding carboxylic acids is 1. The maximum absolute atomic E-state index is 11.9. The molecule has 92 valence electrons. The molecule has 0 radical (unpaired) electrons. The lowest BCUT2D eigenvalue weighted by molar-refractivity contribution is 0.0502. The van der Waals surface area contributed by atoms with Crippen LogP contribution >= 0.6 is 0 Å². The minimum absolute atomic E-state index is 0.343. The fourth-order valence-corrected chi connectivity index (χ4v) is 1.75. The van der Waals surface area contributed by atoms with Crippen LogP contribution in [-0.2, 0) is 4.74 Å². The van der Waals surface area contributed by atoms with E-state index in [1.807, 2.05) is 6.92 Å². The molecule has 0 spiro atoms. The molecule has 0 aliphatic heterocycles. The van der Waals surface area contributed by atoms with Crippen molar-refractivity contribution >= 4 is 16.9 Å². The second kappa shape index (κ2) is 5.37. The van der Waals surface area contributed by atoms with Gasteiger partial charge in [-0.05, 0) is 24.6 Å². The number of nitrogens with zero attached hydrogens (tertiary/aromatic N) is 1. The lowest BCUT2D eigenvalue weighted by atomic mass is 10.1. The Bertz CT molecular complexity index is 608. The number of benzene rings is 1. The highest BCUT2D eigenvalue weighted by atomic mass is 16.5. The van der Waals surface area contributed by atoms with Crippen LogP contribution in [-0.4, -0.2) is 17.6 Å². The van der Waals surface area contributed by atoms with E-state index in [0.717, 1.165) is 23.7 Å². The molecule has 0 saturated carbocycles. The summed E-state index contributed by atoms with van der Waals surface area (Å²) in [5.74, 6) is -0.343. The minimum Gasteiger partial charge on any atom is -0.462 e. The van der Waals surface area contributed by atoms with Gasteiger partial charge in [-0.1, -0.05) is 13.3 Å². The third kappa shape index (κ3) is 2.35. The Morgan fingerprint density at radius 2 is 2.33 bits per heavy atom. The van der Waals surface area contributed by atoms with E-state index in [1.165, 1.54) is 0 Å². The average molecular weight is 242 g/mol. The summed E-state index contributed by atoms with van der Waals surface area (Å²) < 4.78 is 5.17. The smallest absolute Gasteiger partial charge is 0.340 e. The lowest BCUT2D eigenvalue weighted by Gasteiger charge is -2.02. The monoisotopic (exact) mass is 242 g/mol. The van der Waals surface area contributed by atoms with Crippen LogP contribution in [0.2, 0.25) is 0 Å². The second-order valence-electron chi connectivity index (χ2n) is 4.06. The first kappa shape index (κ1) is 12.2. The molecule has 1 aromatic heterocycles. The van der Waals surface area contributed by atoms with Crippen molar-refractivity contribution in [3.63, 3.8) is 0 Å². The van der Waals surface area contributed by atoms with Gasteiger partial charge >= 0.3 is 5.97 Å². The van der Waals surface area contributed by atoms with Crippen molar-refractivity contribution in [2.24, 2.45) is 0 Å². The zero-order chi connectivity index (χ0) is 13.0. The number of hydrogen-bond acceptors (Lipinski definition) is 3. The fraction of sp³-hybridized carbons (Fsp3) is 0.286. The number of unbranched alkanes of at least 4 members (excludes halogenated alkanes) is 1. The Kier molecular flexibility index (Phi) is 3.63. The molecule has 0 atom stereocenters. The standard InChI is InChI=1S/C14H14N2O2/c1-2-3-6-18-14(17)12-9-16-13-5-4-10(8-15)7-11(12)13/h4-5,7,9,16H,2-3,6H2,1H3. The van der Waals surface area contributed by atoms with E-state index in [2.05, 4.69) is 11.1 Å². The van der Waals surface area contributed by atoms with Crippen LogP contribution in [0.5, 0.6) is 0 Å². The van der Waals surface area contributed by atoms with Crippen LogP contribution in [0, 0.1) is 11.3 Å². The Balaban J connectivity index is 2.28. The summed E-state index contributed by atoms with van der Waals surface area (Å²) in [5.41, 5.74) is 1.85. The van der Waals surface area contributed by atoms with Crippen molar-refractivity contribution < 1.29 is 9.53 Å². The lowest BCUT2D eigenvalue weighted by Crippen LogP contribution is -2.05. The first-order valence-corrected chi connectivity index (χ1v) is 5.94. The number of ether oxygens (including phenoxy) is 1. The number of aromatic amines is 1. The third-order valence-electron chi connectivity index (χ3n) is 2.76. The zero-order valence-electron chi connectivity index (χ0n) is 10.2. The van der Waals surface area contributed by atoms with Crippen molar-refractivity contribution in [2.75, 3.05) is 6.61 Å². The van der Waals surface area contributed by atoms with Gasteiger partial charge in [0, 0.05) is 17.1 Å². The van der Waals surface area contributed by atoms with E-state index in [4.69, 9.17) is 10.00 Å². The molecule has 1 N–H and O–H groups in total. The van der Waals surface area contributed by atoms with Gasteiger partial charge in [-0.2, -0.15) is 5.26 Å². The average Bonchev–Trinajstić information content (AvgIpc) is 2.81. The molecule has 0 unspecified atom stereocenters. The SMILES string of the molecule is CCCCOC(=O)c1c[nH]c2ccc(C#N)cc12. The maximum atomic E-state index is 11.9. The largest absolute Gasteiger partial charge is 0.462 e. The van der Waals surface area contributed by atoms with Gasteiger partial charge in [0.05, 0.1) is 23.8 Å². The molecule has 1 heterocycles. The van der Waals surface area contributed by atoms with Gasteiger partial charge in [0.25, 0.3) is 0 Å². The van der Waals surface area contributed by atoms with E-state index < -0.39 is 0 Å². The van der Waals surface area contributed by atoms with Gasteiger partial charge in [-0.15, -0.1) is 0 Å². The van der Waals surface area contributed by atoms with E-state index in [1.54, 1.807) is 24.4 Å². The minimum atomic E-state index is -0.343. The molecule has 0 aliphatic rings. The Labute approximate surface area is 105 Å². The maximum Gasteiger partial charge on any atom is 0.340 e. The van der Waals surface area contributed by atoms with Crippen LogP contribution in [0.15, 0.2) is 24.4 Å². The first-order valence-electron chi connectivity index (χ1n) is 5.94. The van der Waals surface area contributed by atoms with Gasteiger partial charge < -0.3 is 9.72 Å². The molecular weight excluding hydrogens is 228 g/mol. The third-order valence-corrected chi connectivity index (χ3v) is 2.76. The number of nitrogens with one attached hydrogen (secondary N) is 1. The van der Waals surface area contributed by atoms with Gasteiger partial charge in [0.2, 0.25) is 0 Å². The van der Waals surface area contributed by atoms with Gasteiger partial charge in [-0.3, -0.25) is 0 Å². The van der Waals surface area contributed by atoms with E-state index in [-0.39, 0.29) is 5.97 Å². The number of fused-ring (bicyclic) bond motifs is 1. The summed E-state index contributed by atoms with van der Waals surface area (Å²) in [7, 11) is 0. The van der Waals surface area contributed by atoms with Crippen molar-refractivity contribution in [1.82, 2.24) is 4.98 Å². The Hall–Kier alpha value is -2.28. The molecule has 4 heteroatoms. The molecule has 0 bridgehead atoms. The molecule has 0 aliphatic carbocycles. The van der Waals surface area contributed by atoms with Crippen molar-refractivity contribution in [3.05, 3.63) is 35.5 Å². The fourth-order valence-electron chi connectivity index (χ4n) is 1.75. The molecule has 2 aromatic rings. The summed E-state index contributed by atoms with van der Waals surface area (Å²) >= 11 is 0. The van der Waals surface area contributed by atoms with E-state index in [0.29, 0.717) is 17.7 Å². The normalized spacial score (nSPS) is 10.2. The predicted molar refractivity (Wildman–Crippen MR) is 68.2 cm³/mol. The topological polar surface area (TPSA) is 65.9 Å². The summed E-state index contributed by atoms with van der Waals surface area (Å²) in [5, 5.41) is 9.59. The molecule has 4 nitrogen and oxygen atoms in total. The highest BCUT2D eigenvalue weighted by Gasteiger charge is 2.13. The summed E-state index contributed by atoms with van der Waals surface area (Å²) in [6.07, 6.45) is 3.47. The van der Waals surface area contributed by atoms with Gasteiger partial charge in [0.15, 0.2) is 0 Å². The Morgan fingerprint density at radius 1 is 1.50 bits per heavy atom. The summed E-state index contributed by atoms with van der Waals surface area (Å²) in [6, 6.07) is 7.26. The van der Waals surface area contributed by atoms with Crippen molar-refractivity contribution in [2.45, 2.75) is 19.8 Å². The first-order chi connectivity index (χ1) is 8.76. The number of hydrogen-bond donors (Lipinski definition) is 1. The number of rotatable bonds is 4. The van der Waals surface area contributed by atoms with E-state index >= 15 is 0 Å². The molecule has 0 amide bonds. The molecule has 1 aromatic carbocycles. The van der Waals surface area contributed by atoms with Crippen molar-refractivity contribution in [3.8, 4) is 6.07 Å². The molecule has 0 saturated heterocycles. The van der Waals surface area contributed by atoms with Crippen LogP contribution in [0.25, 0.3) is 10.9 Å². The quantitative estimate of drug-likeness (QED) is 0.662. The highest BCUT2D eigenvalue weighted by Crippen LogP contribution is 2.20. The van der Waals surface area contributed by atoms with Gasteiger partial charge in [0.1, 0.15) is 0 Å². The van der Waals surface area contributed by atoms with Gasteiger partial charge in [-0.25, -0.2) is 4.79 Å².